The van der Waals surface area contributed by atoms with Crippen LogP contribution in [0.2, 0.25) is 0 Å². The molecule has 1 aromatic rings. The van der Waals surface area contributed by atoms with Crippen LogP contribution >= 0.6 is 11.8 Å². The molecule has 1 fully saturated rings. The Bertz CT molecular complexity index is 560. The van der Waals surface area contributed by atoms with Gasteiger partial charge in [-0.15, -0.1) is 0 Å². The van der Waals surface area contributed by atoms with E-state index in [0.717, 1.165) is 11.3 Å². The minimum Gasteiger partial charge on any atom is -0.313 e. The van der Waals surface area contributed by atoms with E-state index in [-0.39, 0.29) is 6.04 Å². The van der Waals surface area contributed by atoms with Crippen molar-refractivity contribution in [3.8, 4) is 0 Å². The largest absolute Gasteiger partial charge is 0.313 e. The third-order valence-electron chi connectivity index (χ3n) is 3.63. The van der Waals surface area contributed by atoms with Crippen LogP contribution in [0.1, 0.15) is 25.5 Å². The monoisotopic (exact) mass is 314 g/mol. The summed E-state index contributed by atoms with van der Waals surface area (Å²) in [5.74, 6) is 0.868. The van der Waals surface area contributed by atoms with Gasteiger partial charge in [0, 0.05) is 30.1 Å². The second-order valence-electron chi connectivity index (χ2n) is 5.13. The Kier molecular flexibility index (Phi) is 5.12. The molecular formula is C14H22N2O2S2. The van der Waals surface area contributed by atoms with Crippen molar-refractivity contribution in [2.75, 3.05) is 25.9 Å². The Hall–Kier alpha value is -0.560. The summed E-state index contributed by atoms with van der Waals surface area (Å²) in [6.07, 6.45) is 0. The number of thioether (sulfide) groups is 1. The van der Waals surface area contributed by atoms with Gasteiger partial charge in [0.25, 0.3) is 0 Å². The van der Waals surface area contributed by atoms with Gasteiger partial charge >= 0.3 is 0 Å². The van der Waals surface area contributed by atoms with E-state index in [1.54, 1.807) is 16.4 Å². The van der Waals surface area contributed by atoms with Gasteiger partial charge in [0.2, 0.25) is 10.0 Å². The van der Waals surface area contributed by atoms with Crippen molar-refractivity contribution in [1.82, 2.24) is 9.62 Å². The average Bonchev–Trinajstić information content (AvgIpc) is 2.46. The summed E-state index contributed by atoms with van der Waals surface area (Å²) in [7, 11) is -1.50. The van der Waals surface area contributed by atoms with Crippen LogP contribution in [0.25, 0.3) is 0 Å². The highest BCUT2D eigenvalue weighted by Crippen LogP contribution is 2.25. The second-order valence-corrected chi connectivity index (χ2v) is 8.61. The zero-order chi connectivity index (χ0) is 14.8. The number of rotatable bonds is 4. The Morgan fingerprint density at radius 3 is 2.85 bits per heavy atom. The topological polar surface area (TPSA) is 49.4 Å². The maximum Gasteiger partial charge on any atom is 0.243 e. The molecule has 2 rings (SSSR count). The average molecular weight is 314 g/mol. The number of hydrogen-bond donors (Lipinski definition) is 1. The van der Waals surface area contributed by atoms with Gasteiger partial charge in [-0.05, 0) is 31.7 Å². The Balaban J connectivity index is 2.29. The number of nitrogens with zero attached hydrogens (tertiary/aromatic N) is 1. The highest BCUT2D eigenvalue weighted by atomic mass is 32.2. The fraction of sp³-hybridized carbons (Fsp3) is 0.571. The standard InChI is InChI=1S/C14H22N2O2S2/c1-11-10-16(7-8-19-11)20(17,18)14-6-4-5-13(9-14)12(2)15-3/h4-6,9,11-12,15H,7-8,10H2,1-3H3. The lowest BCUT2D eigenvalue weighted by Crippen LogP contribution is -2.40. The summed E-state index contributed by atoms with van der Waals surface area (Å²) >= 11 is 1.83. The van der Waals surface area contributed by atoms with Gasteiger partial charge in [-0.2, -0.15) is 16.1 Å². The normalized spacial score (nSPS) is 22.6. The Morgan fingerprint density at radius 2 is 2.20 bits per heavy atom. The minimum atomic E-state index is -3.37. The van der Waals surface area contributed by atoms with Crippen LogP contribution in [0.5, 0.6) is 0 Å². The first-order valence-electron chi connectivity index (χ1n) is 6.84. The molecule has 2 atom stereocenters. The highest BCUT2D eigenvalue weighted by molar-refractivity contribution is 8.00. The molecule has 6 heteroatoms. The molecule has 1 aliphatic heterocycles. The SMILES string of the molecule is CNC(C)c1cccc(S(=O)(=O)N2CCSC(C)C2)c1. The molecule has 1 aromatic carbocycles. The van der Waals surface area contributed by atoms with Crippen molar-refractivity contribution in [2.45, 2.75) is 30.0 Å². The van der Waals surface area contributed by atoms with Crippen molar-refractivity contribution >= 4 is 21.8 Å². The molecule has 4 nitrogen and oxygen atoms in total. The van der Waals surface area contributed by atoms with Crippen molar-refractivity contribution in [1.29, 1.82) is 0 Å². The quantitative estimate of drug-likeness (QED) is 0.924. The van der Waals surface area contributed by atoms with Crippen molar-refractivity contribution in [2.24, 2.45) is 0 Å². The van der Waals surface area contributed by atoms with Crippen molar-refractivity contribution in [3.05, 3.63) is 29.8 Å². The van der Waals surface area contributed by atoms with E-state index in [4.69, 9.17) is 0 Å². The molecule has 0 saturated carbocycles. The fourth-order valence-electron chi connectivity index (χ4n) is 2.26. The fourth-order valence-corrected chi connectivity index (χ4v) is 5.07. The molecule has 0 aromatic heterocycles. The summed E-state index contributed by atoms with van der Waals surface area (Å²) in [6, 6.07) is 7.38. The number of sulfonamides is 1. The summed E-state index contributed by atoms with van der Waals surface area (Å²) in [4.78, 5) is 0.399. The van der Waals surface area contributed by atoms with Crippen LogP contribution in [0.4, 0.5) is 0 Å². The lowest BCUT2D eigenvalue weighted by atomic mass is 10.1. The first-order chi connectivity index (χ1) is 9.45. The van der Waals surface area contributed by atoms with E-state index in [1.165, 1.54) is 0 Å². The van der Waals surface area contributed by atoms with Gasteiger partial charge in [0.15, 0.2) is 0 Å². The highest BCUT2D eigenvalue weighted by Gasteiger charge is 2.29. The lowest BCUT2D eigenvalue weighted by molar-refractivity contribution is 0.424. The van der Waals surface area contributed by atoms with E-state index in [0.29, 0.717) is 23.2 Å². The molecule has 1 N–H and O–H groups in total. The molecule has 0 spiro atoms. The van der Waals surface area contributed by atoms with Gasteiger partial charge in [-0.25, -0.2) is 8.42 Å². The van der Waals surface area contributed by atoms with Gasteiger partial charge in [-0.1, -0.05) is 19.1 Å². The molecule has 0 radical (unpaired) electrons. The Morgan fingerprint density at radius 1 is 1.45 bits per heavy atom. The second kappa shape index (κ2) is 6.47. The van der Waals surface area contributed by atoms with E-state index in [1.807, 2.05) is 37.9 Å². The maximum absolute atomic E-state index is 12.7. The molecule has 1 saturated heterocycles. The Labute approximate surface area is 126 Å². The van der Waals surface area contributed by atoms with Crippen LogP contribution in [0.3, 0.4) is 0 Å². The molecule has 20 heavy (non-hydrogen) atoms. The predicted octanol–water partition coefficient (Wildman–Crippen LogP) is 2.09. The predicted molar refractivity (Wildman–Crippen MR) is 84.6 cm³/mol. The molecule has 0 bridgehead atoms. The summed E-state index contributed by atoms with van der Waals surface area (Å²) in [5, 5.41) is 3.49. The van der Waals surface area contributed by atoms with Crippen LogP contribution in [0, 0.1) is 0 Å². The maximum atomic E-state index is 12.7. The van der Waals surface area contributed by atoms with Crippen molar-refractivity contribution < 1.29 is 8.42 Å². The van der Waals surface area contributed by atoms with E-state index >= 15 is 0 Å². The lowest BCUT2D eigenvalue weighted by Gasteiger charge is -2.29. The third-order valence-corrected chi connectivity index (χ3v) is 6.63. The molecule has 1 heterocycles. The molecule has 0 amide bonds. The van der Waals surface area contributed by atoms with Gasteiger partial charge in [0.05, 0.1) is 4.90 Å². The van der Waals surface area contributed by atoms with Crippen LogP contribution in [0.15, 0.2) is 29.2 Å². The summed E-state index contributed by atoms with van der Waals surface area (Å²) in [6.45, 7) is 5.29. The first kappa shape index (κ1) is 15.8. The number of hydrogen-bond acceptors (Lipinski definition) is 4. The molecule has 1 aliphatic rings. The zero-order valence-electron chi connectivity index (χ0n) is 12.2. The van der Waals surface area contributed by atoms with Crippen LogP contribution in [-0.4, -0.2) is 43.9 Å². The minimum absolute atomic E-state index is 0.140. The van der Waals surface area contributed by atoms with E-state index < -0.39 is 10.0 Å². The van der Waals surface area contributed by atoms with E-state index in [2.05, 4.69) is 12.2 Å². The third kappa shape index (κ3) is 3.36. The smallest absolute Gasteiger partial charge is 0.243 e. The van der Waals surface area contributed by atoms with Crippen LogP contribution < -0.4 is 5.32 Å². The number of benzene rings is 1. The van der Waals surface area contributed by atoms with Crippen molar-refractivity contribution in [3.63, 3.8) is 0 Å². The molecular weight excluding hydrogens is 292 g/mol. The number of nitrogens with one attached hydrogen (secondary N) is 1. The van der Waals surface area contributed by atoms with Gasteiger partial charge < -0.3 is 5.32 Å². The van der Waals surface area contributed by atoms with E-state index in [9.17, 15) is 8.42 Å². The summed E-state index contributed by atoms with van der Waals surface area (Å²) in [5.41, 5.74) is 0.994. The zero-order valence-corrected chi connectivity index (χ0v) is 13.8. The van der Waals surface area contributed by atoms with Gasteiger partial charge in [-0.3, -0.25) is 0 Å². The van der Waals surface area contributed by atoms with Gasteiger partial charge in [0.1, 0.15) is 0 Å². The summed E-state index contributed by atoms with van der Waals surface area (Å²) < 4.78 is 27.0. The van der Waals surface area contributed by atoms with Crippen LogP contribution in [-0.2, 0) is 10.0 Å². The molecule has 0 aliphatic carbocycles. The molecule has 2 unspecified atom stereocenters. The first-order valence-corrected chi connectivity index (χ1v) is 9.33. The molecule has 112 valence electrons.